The number of amides is 2. The predicted octanol–water partition coefficient (Wildman–Crippen LogP) is 2.04. The largest absolute Gasteiger partial charge is 0.622 e. The van der Waals surface area contributed by atoms with Gasteiger partial charge in [-0.3, -0.25) is 4.79 Å². The molecule has 1 heterocycles. The van der Waals surface area contributed by atoms with E-state index in [4.69, 9.17) is 4.74 Å². The number of piperazine rings is 1. The number of ether oxygens (including phenoxy) is 1. The predicted molar refractivity (Wildman–Crippen MR) is 75.6 cm³/mol. The van der Waals surface area contributed by atoms with E-state index in [0.717, 1.165) is 0 Å². The van der Waals surface area contributed by atoms with Crippen LogP contribution >= 0.6 is 0 Å². The summed E-state index contributed by atoms with van der Waals surface area (Å²) in [6.07, 6.45) is 1.51. The molecule has 6 nitrogen and oxygen atoms in total. The Hall–Kier alpha value is -1.40. The van der Waals surface area contributed by atoms with Crippen molar-refractivity contribution in [2.45, 2.75) is 45.8 Å². The summed E-state index contributed by atoms with van der Waals surface area (Å²) in [6.45, 7) is 11.0. The van der Waals surface area contributed by atoms with Crippen LogP contribution in [0.4, 0.5) is 4.79 Å². The minimum Gasteiger partial charge on any atom is -0.622 e. The monoisotopic (exact) mass is 284 g/mol. The Morgan fingerprint density at radius 3 is 2.70 bits per heavy atom. The van der Waals surface area contributed by atoms with Crippen molar-refractivity contribution in [1.29, 1.82) is 0 Å². The van der Waals surface area contributed by atoms with Crippen LogP contribution in [-0.2, 0) is 9.53 Å². The normalized spacial score (nSPS) is 27.4. The van der Waals surface area contributed by atoms with E-state index in [1.165, 1.54) is 6.92 Å². The molecule has 0 spiro atoms. The minimum absolute atomic E-state index is 0.0267. The quantitative estimate of drug-likeness (QED) is 0.452. The van der Waals surface area contributed by atoms with Crippen molar-refractivity contribution in [3.8, 4) is 0 Å². The number of quaternary nitrogens is 1. The van der Waals surface area contributed by atoms with Crippen LogP contribution in [0.25, 0.3) is 0 Å². The number of hydroxylamine groups is 3. The summed E-state index contributed by atoms with van der Waals surface area (Å²) in [5.74, 6) is -0.307. The lowest BCUT2D eigenvalue weighted by Gasteiger charge is -2.48. The summed E-state index contributed by atoms with van der Waals surface area (Å²) in [6, 6.07) is -0.969. The molecule has 0 aromatic heterocycles. The molecule has 1 unspecified atom stereocenters. The van der Waals surface area contributed by atoms with Crippen molar-refractivity contribution in [3.63, 3.8) is 0 Å². The third kappa shape index (κ3) is 3.58. The molecule has 0 saturated carbocycles. The highest BCUT2D eigenvalue weighted by Gasteiger charge is 2.46. The molecule has 2 amide bonds. The van der Waals surface area contributed by atoms with Gasteiger partial charge in [0.25, 0.3) is 5.91 Å². The van der Waals surface area contributed by atoms with Crippen LogP contribution in [0.1, 0.15) is 34.1 Å². The first kappa shape index (κ1) is 16.7. The number of carbonyl (C=O) groups is 2. The number of carbonyl (C=O) groups excluding carboxylic acids is 2. The summed E-state index contributed by atoms with van der Waals surface area (Å²) in [5.41, 5.74) is -0.741. The van der Waals surface area contributed by atoms with Gasteiger partial charge >= 0.3 is 6.09 Å². The zero-order valence-electron chi connectivity index (χ0n) is 12.7. The van der Waals surface area contributed by atoms with Gasteiger partial charge in [-0.2, -0.15) is 4.79 Å². The van der Waals surface area contributed by atoms with Gasteiger partial charge in [-0.1, -0.05) is 6.08 Å². The fourth-order valence-electron chi connectivity index (χ4n) is 2.07. The molecule has 1 fully saturated rings. The maximum atomic E-state index is 12.7. The van der Waals surface area contributed by atoms with Gasteiger partial charge in [0.1, 0.15) is 12.1 Å². The Balaban J connectivity index is 2.81. The van der Waals surface area contributed by atoms with Gasteiger partial charge in [0.2, 0.25) is 0 Å². The fraction of sp³-hybridized carbons (Fsp3) is 0.714. The molecule has 1 rings (SSSR count). The second kappa shape index (κ2) is 5.93. The van der Waals surface area contributed by atoms with Crippen molar-refractivity contribution >= 4 is 12.0 Å². The Morgan fingerprint density at radius 2 is 2.20 bits per heavy atom. The van der Waals surface area contributed by atoms with Gasteiger partial charge in [-0.25, -0.2) is 4.65 Å². The van der Waals surface area contributed by atoms with E-state index in [2.05, 4.69) is 6.58 Å². The number of nitrogens with zero attached hydrogens (tertiary/aromatic N) is 2. The van der Waals surface area contributed by atoms with E-state index < -0.39 is 22.4 Å². The van der Waals surface area contributed by atoms with Crippen LogP contribution in [0.3, 0.4) is 0 Å². The van der Waals surface area contributed by atoms with Crippen molar-refractivity contribution < 1.29 is 19.0 Å². The van der Waals surface area contributed by atoms with E-state index in [0.29, 0.717) is 13.0 Å². The van der Waals surface area contributed by atoms with E-state index in [-0.39, 0.29) is 19.0 Å². The van der Waals surface area contributed by atoms with Crippen LogP contribution in [0.15, 0.2) is 12.7 Å². The summed E-state index contributed by atoms with van der Waals surface area (Å²) in [5, 5.41) is 12.7. The van der Waals surface area contributed by atoms with Crippen LogP contribution < -0.4 is 0 Å². The average Bonchev–Trinajstić information content (AvgIpc) is 2.33. The summed E-state index contributed by atoms with van der Waals surface area (Å²) in [7, 11) is 0. The Bertz CT molecular complexity index is 402. The molecule has 114 valence electrons. The van der Waals surface area contributed by atoms with Crippen LogP contribution in [-0.4, -0.2) is 52.8 Å². The minimum atomic E-state index is -1.24. The molecular weight excluding hydrogens is 260 g/mol. The van der Waals surface area contributed by atoms with Gasteiger partial charge in [0.15, 0.2) is 6.04 Å². The van der Waals surface area contributed by atoms with E-state index in [1.54, 1.807) is 31.7 Å². The fourth-order valence-corrected chi connectivity index (χ4v) is 2.07. The lowest BCUT2D eigenvalue weighted by molar-refractivity contribution is -0.827. The maximum absolute atomic E-state index is 12.7. The number of hydrogen-bond acceptors (Lipinski definition) is 4. The van der Waals surface area contributed by atoms with Gasteiger partial charge in [0, 0.05) is 6.54 Å². The Labute approximate surface area is 120 Å². The first-order valence-corrected chi connectivity index (χ1v) is 6.84. The van der Waals surface area contributed by atoms with Crippen LogP contribution in [0, 0.1) is 5.21 Å². The van der Waals surface area contributed by atoms with Gasteiger partial charge in [-0.15, -0.1) is 6.58 Å². The summed E-state index contributed by atoms with van der Waals surface area (Å²) >= 11 is 0. The van der Waals surface area contributed by atoms with Crippen LogP contribution in [0.2, 0.25) is 0 Å². The third-order valence-electron chi connectivity index (χ3n) is 3.30. The smallest absolute Gasteiger partial charge is 0.517 e. The van der Waals surface area contributed by atoms with Crippen molar-refractivity contribution in [3.05, 3.63) is 17.9 Å². The molecule has 1 aliphatic rings. The molecule has 1 saturated heterocycles. The standard InChI is InChI=1S/C14H24N2O4/c1-6-7-8-15-9-10-16(19,11(2)12(15)17)13(18)20-14(3,4)5/h6,11H,1,7-10H2,2-5H3/t11?,16-/m0/s1. The highest BCUT2D eigenvalue weighted by atomic mass is 16.7. The summed E-state index contributed by atoms with van der Waals surface area (Å²) < 4.78 is 3.91. The zero-order chi connectivity index (χ0) is 15.6. The van der Waals surface area contributed by atoms with Crippen molar-refractivity contribution in [1.82, 2.24) is 4.90 Å². The maximum Gasteiger partial charge on any atom is 0.517 e. The van der Waals surface area contributed by atoms with E-state index >= 15 is 0 Å². The van der Waals surface area contributed by atoms with Crippen molar-refractivity contribution in [2.24, 2.45) is 0 Å². The second-order valence-corrected chi connectivity index (χ2v) is 6.08. The van der Waals surface area contributed by atoms with Gasteiger partial charge in [0.05, 0.1) is 6.54 Å². The molecule has 0 N–H and O–H groups in total. The molecule has 0 bridgehead atoms. The van der Waals surface area contributed by atoms with Crippen molar-refractivity contribution in [2.75, 3.05) is 19.6 Å². The SMILES string of the molecule is C=CCCN1CC[N@@+]([O-])(C(=O)OC(C)(C)C)C(C)C1=O. The topological polar surface area (TPSA) is 69.7 Å². The molecular formula is C14H24N2O4. The van der Waals surface area contributed by atoms with Gasteiger partial charge < -0.3 is 14.8 Å². The molecule has 20 heavy (non-hydrogen) atoms. The lowest BCUT2D eigenvalue weighted by atomic mass is 10.1. The highest BCUT2D eigenvalue weighted by Crippen LogP contribution is 2.24. The zero-order valence-corrected chi connectivity index (χ0v) is 12.7. The molecule has 0 aromatic rings. The summed E-state index contributed by atoms with van der Waals surface area (Å²) in [4.78, 5) is 25.9. The second-order valence-electron chi connectivity index (χ2n) is 6.08. The molecule has 0 radical (unpaired) electrons. The Kier molecular flexibility index (Phi) is 4.94. The first-order valence-electron chi connectivity index (χ1n) is 6.84. The molecule has 0 aromatic carbocycles. The first-order chi connectivity index (χ1) is 9.12. The number of rotatable bonds is 3. The van der Waals surface area contributed by atoms with Gasteiger partial charge in [-0.05, 0) is 34.1 Å². The Morgan fingerprint density at radius 1 is 1.60 bits per heavy atom. The van der Waals surface area contributed by atoms with E-state index in [9.17, 15) is 14.8 Å². The molecule has 1 aliphatic heterocycles. The molecule has 0 aliphatic carbocycles. The molecule has 6 heteroatoms. The van der Waals surface area contributed by atoms with Crippen LogP contribution in [0.5, 0.6) is 0 Å². The number of hydrogen-bond donors (Lipinski definition) is 0. The lowest BCUT2D eigenvalue weighted by Crippen LogP contribution is -2.67. The van der Waals surface area contributed by atoms with E-state index in [1.807, 2.05) is 0 Å². The average molecular weight is 284 g/mol. The highest BCUT2D eigenvalue weighted by molar-refractivity contribution is 5.83. The third-order valence-corrected chi connectivity index (χ3v) is 3.30. The molecule has 2 atom stereocenters.